The van der Waals surface area contributed by atoms with Crippen LogP contribution in [0.25, 0.3) is 0 Å². The summed E-state index contributed by atoms with van der Waals surface area (Å²) in [7, 11) is 0. The monoisotopic (exact) mass is 378 g/mol. The van der Waals surface area contributed by atoms with Crippen LogP contribution in [0.15, 0.2) is 0 Å². The van der Waals surface area contributed by atoms with Crippen LogP contribution in [0, 0.1) is 6.92 Å². The minimum Gasteiger partial charge on any atom is -0.378 e. The van der Waals surface area contributed by atoms with Crippen LogP contribution in [0.2, 0.25) is 0 Å². The summed E-state index contributed by atoms with van der Waals surface area (Å²) in [4.78, 5) is 25.5. The van der Waals surface area contributed by atoms with Crippen molar-refractivity contribution in [2.75, 3.05) is 50.8 Å². The molecular formula is C19H30N4O2S. The lowest BCUT2D eigenvalue weighted by atomic mass is 9.93. The van der Waals surface area contributed by atoms with Gasteiger partial charge in [-0.2, -0.15) is 0 Å². The number of amides is 1. The molecule has 4 rings (SSSR count). The molecule has 0 radical (unpaired) electrons. The van der Waals surface area contributed by atoms with Crippen LogP contribution in [-0.4, -0.2) is 72.7 Å². The largest absolute Gasteiger partial charge is 0.378 e. The Bertz CT molecular complexity index is 623. The smallest absolute Gasteiger partial charge is 0.237 e. The van der Waals surface area contributed by atoms with Crippen LogP contribution in [0.3, 0.4) is 0 Å². The van der Waals surface area contributed by atoms with Gasteiger partial charge in [0.2, 0.25) is 5.91 Å². The summed E-state index contributed by atoms with van der Waals surface area (Å²) in [5.41, 5.74) is 1.11. The lowest BCUT2D eigenvalue weighted by Gasteiger charge is -2.40. The molecule has 0 unspecified atom stereocenters. The second-order valence-corrected chi connectivity index (χ2v) is 8.76. The van der Waals surface area contributed by atoms with E-state index in [1.54, 1.807) is 11.3 Å². The van der Waals surface area contributed by atoms with Gasteiger partial charge in [-0.3, -0.25) is 9.69 Å². The van der Waals surface area contributed by atoms with Crippen LogP contribution in [0.1, 0.15) is 42.7 Å². The van der Waals surface area contributed by atoms with Crippen molar-refractivity contribution in [2.24, 2.45) is 0 Å². The van der Waals surface area contributed by atoms with Gasteiger partial charge in [-0.1, -0.05) is 19.3 Å². The fourth-order valence-electron chi connectivity index (χ4n) is 4.30. The first kappa shape index (κ1) is 18.2. The van der Waals surface area contributed by atoms with E-state index in [1.165, 1.54) is 37.0 Å². The van der Waals surface area contributed by atoms with Gasteiger partial charge in [0, 0.05) is 43.6 Å². The van der Waals surface area contributed by atoms with Crippen LogP contribution in [0.5, 0.6) is 0 Å². The molecule has 1 saturated carbocycles. The normalized spacial score (nSPS) is 23.7. The number of ether oxygens (including phenoxy) is 1. The highest BCUT2D eigenvalue weighted by Crippen LogP contribution is 2.29. The second-order valence-electron chi connectivity index (χ2n) is 7.69. The third-order valence-electron chi connectivity index (χ3n) is 5.88. The van der Waals surface area contributed by atoms with Gasteiger partial charge in [-0.25, -0.2) is 4.98 Å². The minimum atomic E-state index is 0.318. The van der Waals surface area contributed by atoms with Gasteiger partial charge in [0.25, 0.3) is 0 Å². The van der Waals surface area contributed by atoms with E-state index in [1.807, 2.05) is 0 Å². The molecule has 6 nitrogen and oxygen atoms in total. The number of hydrogen-bond donors (Lipinski definition) is 0. The van der Waals surface area contributed by atoms with Gasteiger partial charge < -0.3 is 14.5 Å². The first-order valence-corrected chi connectivity index (χ1v) is 10.8. The lowest BCUT2D eigenvalue weighted by Crippen LogP contribution is -2.54. The quantitative estimate of drug-likeness (QED) is 0.804. The highest BCUT2D eigenvalue weighted by Gasteiger charge is 2.31. The number of nitrogens with zero attached hydrogens (tertiary/aromatic N) is 4. The average molecular weight is 379 g/mol. The molecule has 0 atom stereocenters. The zero-order chi connectivity index (χ0) is 17.9. The van der Waals surface area contributed by atoms with Gasteiger partial charge in [0.15, 0.2) is 5.13 Å². The molecule has 2 saturated heterocycles. The molecular weight excluding hydrogens is 348 g/mol. The number of rotatable bonds is 4. The second kappa shape index (κ2) is 8.23. The molecule has 3 aliphatic rings. The van der Waals surface area contributed by atoms with Crippen molar-refractivity contribution in [3.05, 3.63) is 10.6 Å². The summed E-state index contributed by atoms with van der Waals surface area (Å²) < 4.78 is 5.44. The van der Waals surface area contributed by atoms with Gasteiger partial charge >= 0.3 is 0 Å². The Morgan fingerprint density at radius 1 is 1.12 bits per heavy atom. The van der Waals surface area contributed by atoms with E-state index in [9.17, 15) is 4.79 Å². The number of carbonyl (C=O) groups is 1. The third-order valence-corrected chi connectivity index (χ3v) is 7.08. The third kappa shape index (κ3) is 4.05. The zero-order valence-electron chi connectivity index (χ0n) is 15.8. The van der Waals surface area contributed by atoms with Crippen LogP contribution in [0.4, 0.5) is 5.13 Å². The van der Waals surface area contributed by atoms with E-state index < -0.39 is 0 Å². The van der Waals surface area contributed by atoms with E-state index in [2.05, 4.69) is 21.6 Å². The van der Waals surface area contributed by atoms with Gasteiger partial charge in [-0.15, -0.1) is 11.3 Å². The predicted molar refractivity (Wildman–Crippen MR) is 104 cm³/mol. The lowest BCUT2D eigenvalue weighted by molar-refractivity contribution is -0.139. The van der Waals surface area contributed by atoms with Crippen molar-refractivity contribution in [3.8, 4) is 0 Å². The molecule has 7 heteroatoms. The summed E-state index contributed by atoms with van der Waals surface area (Å²) in [6.45, 7) is 8.77. The van der Waals surface area contributed by atoms with E-state index >= 15 is 0 Å². The van der Waals surface area contributed by atoms with E-state index in [0.717, 1.165) is 56.8 Å². The predicted octanol–water partition coefficient (Wildman–Crippen LogP) is 2.27. The molecule has 0 spiro atoms. The van der Waals surface area contributed by atoms with Crippen molar-refractivity contribution < 1.29 is 9.53 Å². The Labute approximate surface area is 160 Å². The molecule has 1 aliphatic carbocycles. The zero-order valence-corrected chi connectivity index (χ0v) is 16.6. The number of carbonyl (C=O) groups excluding carboxylic acids is 1. The maximum atomic E-state index is 12.7. The molecule has 26 heavy (non-hydrogen) atoms. The summed E-state index contributed by atoms with van der Waals surface area (Å²) in [6, 6.07) is 0.497. The molecule has 0 bridgehead atoms. The number of piperazine rings is 1. The summed E-state index contributed by atoms with van der Waals surface area (Å²) in [5.74, 6) is 0.318. The fourth-order valence-corrected chi connectivity index (χ4v) is 5.46. The van der Waals surface area contributed by atoms with E-state index in [4.69, 9.17) is 9.72 Å². The molecule has 0 N–H and O–H groups in total. The molecule has 1 amide bonds. The molecule has 1 aromatic heterocycles. The minimum absolute atomic E-state index is 0.318. The summed E-state index contributed by atoms with van der Waals surface area (Å²) in [6.07, 6.45) is 6.29. The highest BCUT2D eigenvalue weighted by atomic mass is 32.1. The number of aryl methyl sites for hydroxylation is 1. The fraction of sp³-hybridized carbons (Fsp3) is 0.789. The van der Waals surface area contributed by atoms with Crippen molar-refractivity contribution in [1.29, 1.82) is 0 Å². The molecule has 1 aromatic rings. The summed E-state index contributed by atoms with van der Waals surface area (Å²) in [5, 5.41) is 1.10. The van der Waals surface area contributed by atoms with E-state index in [0.29, 0.717) is 18.5 Å². The molecule has 3 fully saturated rings. The number of hydrogen-bond acceptors (Lipinski definition) is 6. The Balaban J connectivity index is 1.35. The molecule has 0 aromatic carbocycles. The Hall–Kier alpha value is -1.18. The van der Waals surface area contributed by atoms with Crippen molar-refractivity contribution in [2.45, 2.75) is 51.6 Å². The SMILES string of the molecule is Cc1nc(N2CCOCC2)sc1CN1CCN(C2CCCCC2)C(=O)C1. The standard InChI is InChI=1S/C19H30N4O2S/c1-15-17(26-19(20-15)22-9-11-25-12-10-22)13-21-7-8-23(18(24)14-21)16-5-3-2-4-6-16/h16H,2-14H2,1H3. The van der Waals surface area contributed by atoms with Crippen molar-refractivity contribution in [1.82, 2.24) is 14.8 Å². The Morgan fingerprint density at radius 3 is 2.62 bits per heavy atom. The Morgan fingerprint density at radius 2 is 1.88 bits per heavy atom. The van der Waals surface area contributed by atoms with Crippen LogP contribution < -0.4 is 4.90 Å². The van der Waals surface area contributed by atoms with Gasteiger partial charge in [0.05, 0.1) is 25.5 Å². The number of morpholine rings is 1. The molecule has 3 heterocycles. The van der Waals surface area contributed by atoms with E-state index in [-0.39, 0.29) is 0 Å². The molecule has 144 valence electrons. The van der Waals surface area contributed by atoms with Crippen molar-refractivity contribution in [3.63, 3.8) is 0 Å². The average Bonchev–Trinajstić information content (AvgIpc) is 3.04. The first-order chi connectivity index (χ1) is 12.7. The summed E-state index contributed by atoms with van der Waals surface area (Å²) >= 11 is 1.78. The topological polar surface area (TPSA) is 48.9 Å². The number of anilines is 1. The maximum absolute atomic E-state index is 12.7. The maximum Gasteiger partial charge on any atom is 0.237 e. The number of aromatic nitrogens is 1. The van der Waals surface area contributed by atoms with Gasteiger partial charge in [-0.05, 0) is 19.8 Å². The van der Waals surface area contributed by atoms with Crippen molar-refractivity contribution >= 4 is 22.4 Å². The first-order valence-electron chi connectivity index (χ1n) is 10.0. The highest BCUT2D eigenvalue weighted by molar-refractivity contribution is 7.15. The molecule has 2 aliphatic heterocycles. The van der Waals surface area contributed by atoms with Crippen LogP contribution >= 0.6 is 11.3 Å². The van der Waals surface area contributed by atoms with Crippen LogP contribution in [-0.2, 0) is 16.1 Å². The van der Waals surface area contributed by atoms with Gasteiger partial charge in [0.1, 0.15) is 0 Å². The number of thiazole rings is 1. The Kier molecular flexibility index (Phi) is 5.76.